The van der Waals surface area contributed by atoms with Gasteiger partial charge in [0.05, 0.1) is 18.6 Å². The summed E-state index contributed by atoms with van der Waals surface area (Å²) in [4.78, 5) is 11.9. The first-order chi connectivity index (χ1) is 9.81. The highest BCUT2D eigenvalue weighted by molar-refractivity contribution is 7.92. The SMILES string of the molecule is CCNC(=O)[C@H](C)N(c1ccc(OCC)cc1)S(C)(=O)=O. The number of hydrogen-bond donors (Lipinski definition) is 1. The highest BCUT2D eigenvalue weighted by Gasteiger charge is 2.28. The van der Waals surface area contributed by atoms with Crippen molar-refractivity contribution in [3.05, 3.63) is 24.3 Å². The molecular weight excluding hydrogens is 292 g/mol. The number of likely N-dealkylation sites (N-methyl/N-ethyl adjacent to an activating group) is 1. The van der Waals surface area contributed by atoms with Gasteiger partial charge in [0.1, 0.15) is 11.8 Å². The zero-order valence-corrected chi connectivity index (χ0v) is 13.6. The number of nitrogens with one attached hydrogen (secondary N) is 1. The molecule has 0 radical (unpaired) electrons. The van der Waals surface area contributed by atoms with Gasteiger partial charge >= 0.3 is 0 Å². The van der Waals surface area contributed by atoms with Crippen LogP contribution in [0.25, 0.3) is 0 Å². The summed E-state index contributed by atoms with van der Waals surface area (Å²) in [7, 11) is -3.57. The molecule has 0 aliphatic carbocycles. The van der Waals surface area contributed by atoms with Gasteiger partial charge in [-0.2, -0.15) is 0 Å². The molecule has 1 aromatic rings. The molecule has 0 aromatic heterocycles. The van der Waals surface area contributed by atoms with Crippen LogP contribution in [0.1, 0.15) is 20.8 Å². The Kier molecular flexibility index (Phi) is 6.02. The van der Waals surface area contributed by atoms with E-state index in [2.05, 4.69) is 5.32 Å². The van der Waals surface area contributed by atoms with E-state index >= 15 is 0 Å². The van der Waals surface area contributed by atoms with E-state index in [9.17, 15) is 13.2 Å². The maximum atomic E-state index is 12.0. The number of hydrogen-bond acceptors (Lipinski definition) is 4. The van der Waals surface area contributed by atoms with E-state index in [1.165, 1.54) is 0 Å². The molecule has 0 unspecified atom stereocenters. The van der Waals surface area contributed by atoms with Gasteiger partial charge in [0, 0.05) is 6.54 Å². The second-order valence-electron chi connectivity index (χ2n) is 4.56. The maximum absolute atomic E-state index is 12.0. The minimum absolute atomic E-state index is 0.336. The predicted molar refractivity (Wildman–Crippen MR) is 83.1 cm³/mol. The van der Waals surface area contributed by atoms with Crippen LogP contribution in [0.15, 0.2) is 24.3 Å². The lowest BCUT2D eigenvalue weighted by molar-refractivity contribution is -0.121. The van der Waals surface area contributed by atoms with Crippen LogP contribution in [-0.2, 0) is 14.8 Å². The van der Waals surface area contributed by atoms with Crippen LogP contribution in [0.3, 0.4) is 0 Å². The van der Waals surface area contributed by atoms with Crippen LogP contribution >= 0.6 is 0 Å². The summed E-state index contributed by atoms with van der Waals surface area (Å²) in [5, 5.41) is 2.63. The van der Waals surface area contributed by atoms with Gasteiger partial charge < -0.3 is 10.1 Å². The molecule has 0 aliphatic heterocycles. The van der Waals surface area contributed by atoms with Gasteiger partial charge in [-0.15, -0.1) is 0 Å². The van der Waals surface area contributed by atoms with Gasteiger partial charge in [0.15, 0.2) is 0 Å². The van der Waals surface area contributed by atoms with Crippen LogP contribution in [0, 0.1) is 0 Å². The van der Waals surface area contributed by atoms with E-state index in [4.69, 9.17) is 4.74 Å². The number of carbonyl (C=O) groups excluding carboxylic acids is 1. The second kappa shape index (κ2) is 7.31. The van der Waals surface area contributed by atoms with Crippen molar-refractivity contribution in [2.75, 3.05) is 23.7 Å². The number of rotatable bonds is 7. The summed E-state index contributed by atoms with van der Waals surface area (Å²) in [6.45, 7) is 6.19. The monoisotopic (exact) mass is 314 g/mol. The molecule has 7 heteroatoms. The molecule has 0 spiro atoms. The molecule has 1 atom stereocenters. The lowest BCUT2D eigenvalue weighted by Gasteiger charge is -2.28. The smallest absolute Gasteiger partial charge is 0.243 e. The topological polar surface area (TPSA) is 75.7 Å². The molecule has 6 nitrogen and oxygen atoms in total. The average Bonchev–Trinajstić information content (AvgIpc) is 2.40. The first-order valence-corrected chi connectivity index (χ1v) is 8.66. The normalized spacial score (nSPS) is 12.6. The fourth-order valence-electron chi connectivity index (χ4n) is 1.99. The number of benzene rings is 1. The van der Waals surface area contributed by atoms with Crippen molar-refractivity contribution < 1.29 is 17.9 Å². The Morgan fingerprint density at radius 1 is 1.29 bits per heavy atom. The summed E-state index contributed by atoms with van der Waals surface area (Å²) in [5.41, 5.74) is 0.430. The third-order valence-corrected chi connectivity index (χ3v) is 4.08. The van der Waals surface area contributed by atoms with Crippen molar-refractivity contribution in [3.8, 4) is 5.75 Å². The summed E-state index contributed by atoms with van der Waals surface area (Å²) < 4.78 is 30.4. The Morgan fingerprint density at radius 2 is 1.86 bits per heavy atom. The molecule has 0 heterocycles. The van der Waals surface area contributed by atoms with Crippen molar-refractivity contribution in [2.24, 2.45) is 0 Å². The molecule has 1 aromatic carbocycles. The second-order valence-corrected chi connectivity index (χ2v) is 6.42. The van der Waals surface area contributed by atoms with E-state index in [-0.39, 0.29) is 5.91 Å². The third-order valence-electron chi connectivity index (χ3n) is 2.84. The molecule has 1 amide bonds. The maximum Gasteiger partial charge on any atom is 0.243 e. The van der Waals surface area contributed by atoms with E-state index in [0.29, 0.717) is 24.6 Å². The first kappa shape index (κ1) is 17.3. The fourth-order valence-corrected chi connectivity index (χ4v) is 3.16. The first-order valence-electron chi connectivity index (χ1n) is 6.81. The van der Waals surface area contributed by atoms with Crippen LogP contribution in [-0.4, -0.2) is 39.8 Å². The molecule has 1 N–H and O–H groups in total. The molecular formula is C14H22N2O4S. The Morgan fingerprint density at radius 3 is 2.29 bits per heavy atom. The Hall–Kier alpha value is -1.76. The van der Waals surface area contributed by atoms with E-state index < -0.39 is 16.1 Å². The van der Waals surface area contributed by atoms with Gasteiger partial charge in [-0.05, 0) is 45.0 Å². The Balaban J connectivity index is 3.11. The summed E-state index contributed by atoms with van der Waals surface area (Å²) in [6, 6.07) is 5.80. The molecule has 0 saturated heterocycles. The standard InChI is InChI=1S/C14H22N2O4S/c1-5-15-14(17)11(3)16(21(4,18)19)12-7-9-13(10-8-12)20-6-2/h7-11H,5-6H2,1-4H3,(H,15,17)/t11-/m0/s1. The third kappa shape index (κ3) is 4.63. The zero-order chi connectivity index (χ0) is 16.0. The zero-order valence-electron chi connectivity index (χ0n) is 12.8. The van der Waals surface area contributed by atoms with Crippen molar-refractivity contribution in [3.63, 3.8) is 0 Å². The lowest BCUT2D eigenvalue weighted by Crippen LogP contribution is -2.47. The van der Waals surface area contributed by atoms with Gasteiger partial charge in [-0.1, -0.05) is 0 Å². The number of anilines is 1. The van der Waals surface area contributed by atoms with E-state index in [0.717, 1.165) is 10.6 Å². The number of amides is 1. The molecule has 21 heavy (non-hydrogen) atoms. The van der Waals surface area contributed by atoms with Crippen molar-refractivity contribution in [1.29, 1.82) is 0 Å². The number of nitrogens with zero attached hydrogens (tertiary/aromatic N) is 1. The summed E-state index contributed by atoms with van der Waals surface area (Å²) in [5.74, 6) is 0.317. The largest absolute Gasteiger partial charge is 0.494 e. The van der Waals surface area contributed by atoms with Crippen LogP contribution in [0.4, 0.5) is 5.69 Å². The molecule has 0 fully saturated rings. The van der Waals surface area contributed by atoms with Crippen LogP contribution in [0.5, 0.6) is 5.75 Å². The molecule has 1 rings (SSSR count). The highest BCUT2D eigenvalue weighted by atomic mass is 32.2. The number of ether oxygens (including phenoxy) is 1. The van der Waals surface area contributed by atoms with Gasteiger partial charge in [0.25, 0.3) is 0 Å². The minimum Gasteiger partial charge on any atom is -0.494 e. The van der Waals surface area contributed by atoms with Crippen molar-refractivity contribution >= 4 is 21.6 Å². The molecule has 0 aliphatic rings. The number of carbonyl (C=O) groups is 1. The van der Waals surface area contributed by atoms with Crippen LogP contribution < -0.4 is 14.4 Å². The summed E-state index contributed by atoms with van der Waals surface area (Å²) in [6.07, 6.45) is 1.08. The van der Waals surface area contributed by atoms with E-state index in [1.54, 1.807) is 38.1 Å². The average molecular weight is 314 g/mol. The molecule has 118 valence electrons. The van der Waals surface area contributed by atoms with Gasteiger partial charge in [-0.3, -0.25) is 9.10 Å². The van der Waals surface area contributed by atoms with Crippen LogP contribution in [0.2, 0.25) is 0 Å². The molecule has 0 bridgehead atoms. The van der Waals surface area contributed by atoms with Gasteiger partial charge in [0.2, 0.25) is 15.9 Å². The number of sulfonamides is 1. The van der Waals surface area contributed by atoms with Crippen molar-refractivity contribution in [1.82, 2.24) is 5.32 Å². The lowest BCUT2D eigenvalue weighted by atomic mass is 10.2. The molecule has 0 saturated carbocycles. The van der Waals surface area contributed by atoms with Crippen molar-refractivity contribution in [2.45, 2.75) is 26.8 Å². The van der Waals surface area contributed by atoms with Gasteiger partial charge in [-0.25, -0.2) is 8.42 Å². The Labute approximate surface area is 126 Å². The summed E-state index contributed by atoms with van der Waals surface area (Å²) >= 11 is 0. The quantitative estimate of drug-likeness (QED) is 0.825. The fraction of sp³-hybridized carbons (Fsp3) is 0.500. The highest BCUT2D eigenvalue weighted by Crippen LogP contribution is 2.23. The van der Waals surface area contributed by atoms with E-state index in [1.807, 2.05) is 6.92 Å². The predicted octanol–water partition coefficient (Wildman–Crippen LogP) is 1.38. The minimum atomic E-state index is -3.57. The Bertz CT molecular complexity index is 569.